The van der Waals surface area contributed by atoms with Crippen LogP contribution in [0.4, 0.5) is 18.9 Å². The predicted octanol–water partition coefficient (Wildman–Crippen LogP) is 1.60. The van der Waals surface area contributed by atoms with Crippen LogP contribution in [-0.2, 0) is 20.5 Å². The molecule has 2 rings (SSSR count). The second-order valence-electron chi connectivity index (χ2n) is 4.93. The van der Waals surface area contributed by atoms with Gasteiger partial charge in [-0.1, -0.05) is 6.07 Å². The van der Waals surface area contributed by atoms with E-state index in [4.69, 9.17) is 4.74 Å². The van der Waals surface area contributed by atoms with E-state index in [2.05, 4.69) is 15.0 Å². The maximum Gasteiger partial charge on any atom is 0.416 e. The van der Waals surface area contributed by atoms with Gasteiger partial charge in [0, 0.05) is 6.07 Å². The first kappa shape index (κ1) is 19.2. The fourth-order valence-corrected chi connectivity index (χ4v) is 1.80. The summed E-state index contributed by atoms with van der Waals surface area (Å²) in [6.45, 7) is -1.20. The smallest absolute Gasteiger partial charge is 0.416 e. The number of alkyl halides is 3. The number of hydrogen-bond acceptors (Lipinski definition) is 6. The van der Waals surface area contributed by atoms with Gasteiger partial charge in [0.25, 0.3) is 0 Å². The summed E-state index contributed by atoms with van der Waals surface area (Å²) in [6, 6.07) is 7.07. The third kappa shape index (κ3) is 6.06. The van der Waals surface area contributed by atoms with E-state index < -0.39 is 36.8 Å². The monoisotopic (exact) mass is 369 g/mol. The van der Waals surface area contributed by atoms with Crippen LogP contribution < -0.4 is 15.2 Å². The number of aliphatic carboxylic acids is 1. The molecule has 1 aromatic heterocycles. The molecule has 1 N–H and O–H groups in total. The second-order valence-corrected chi connectivity index (χ2v) is 4.93. The van der Waals surface area contributed by atoms with Gasteiger partial charge >= 0.3 is 6.18 Å². The Kier molecular flexibility index (Phi) is 6.12. The highest BCUT2D eigenvalue weighted by Crippen LogP contribution is 2.32. The van der Waals surface area contributed by atoms with E-state index in [9.17, 15) is 27.9 Å². The van der Waals surface area contributed by atoms with Gasteiger partial charge in [0.2, 0.25) is 11.8 Å². The quantitative estimate of drug-likeness (QED) is 0.796. The third-order valence-corrected chi connectivity index (χ3v) is 2.86. The summed E-state index contributed by atoms with van der Waals surface area (Å²) in [5.74, 6) is -2.08. The molecule has 0 aliphatic heterocycles. The lowest BCUT2D eigenvalue weighted by Gasteiger charge is -2.10. The molecule has 10 heteroatoms. The normalized spacial score (nSPS) is 11.0. The molecule has 138 valence electrons. The minimum Gasteiger partial charge on any atom is -0.548 e. The van der Waals surface area contributed by atoms with Gasteiger partial charge in [-0.05, 0) is 24.3 Å². The zero-order valence-electron chi connectivity index (χ0n) is 13.1. The Hall–Kier alpha value is -3.14. The fourth-order valence-electron chi connectivity index (χ4n) is 1.80. The lowest BCUT2D eigenvalue weighted by molar-refractivity contribution is -0.309. The minimum atomic E-state index is -4.49. The Morgan fingerprint density at radius 2 is 1.92 bits per heavy atom. The first-order valence-electron chi connectivity index (χ1n) is 7.12. The molecule has 0 aliphatic carbocycles. The first-order chi connectivity index (χ1) is 12.2. The molecule has 0 saturated heterocycles. The van der Waals surface area contributed by atoms with Crippen molar-refractivity contribution in [2.45, 2.75) is 6.18 Å². The summed E-state index contributed by atoms with van der Waals surface area (Å²) in [6.07, 6.45) is -3.26. The lowest BCUT2D eigenvalue weighted by atomic mass is 10.2. The average molecular weight is 369 g/mol. The number of amides is 1. The van der Waals surface area contributed by atoms with Crippen LogP contribution in [-0.4, -0.2) is 30.1 Å². The van der Waals surface area contributed by atoms with Gasteiger partial charge in [-0.25, -0.2) is 4.98 Å². The summed E-state index contributed by atoms with van der Waals surface area (Å²) in [7, 11) is 0. The molecular weight excluding hydrogens is 357 g/mol. The number of carbonyl (C=O) groups is 2. The summed E-state index contributed by atoms with van der Waals surface area (Å²) in [5, 5.41) is 12.5. The predicted molar refractivity (Wildman–Crippen MR) is 80.2 cm³/mol. The molecule has 0 atom stereocenters. The molecule has 0 aliphatic rings. The van der Waals surface area contributed by atoms with Crippen LogP contribution in [0.2, 0.25) is 0 Å². The third-order valence-electron chi connectivity index (χ3n) is 2.86. The number of carboxylic acid groups (broad SMARTS) is 1. The molecule has 0 fully saturated rings. The molecule has 0 unspecified atom stereocenters. The number of nitrogens with zero attached hydrogens (tertiary/aromatic N) is 1. The number of carbonyl (C=O) groups excluding carboxylic acids is 2. The van der Waals surface area contributed by atoms with Gasteiger partial charge in [0.05, 0.1) is 30.0 Å². The van der Waals surface area contributed by atoms with Gasteiger partial charge in [-0.15, -0.1) is 0 Å². The molecule has 0 bridgehead atoms. The molecule has 1 heterocycles. The van der Waals surface area contributed by atoms with Crippen LogP contribution in [0.1, 0.15) is 5.56 Å². The molecule has 1 amide bonds. The van der Waals surface area contributed by atoms with E-state index in [1.54, 1.807) is 0 Å². The van der Waals surface area contributed by atoms with Gasteiger partial charge < -0.3 is 24.7 Å². The van der Waals surface area contributed by atoms with Crippen LogP contribution in [0.15, 0.2) is 42.6 Å². The van der Waals surface area contributed by atoms with Crippen molar-refractivity contribution in [1.82, 2.24) is 4.98 Å². The van der Waals surface area contributed by atoms with Crippen molar-refractivity contribution in [3.63, 3.8) is 0 Å². The molecule has 2 aromatic rings. The number of anilines is 1. The average Bonchev–Trinajstić information content (AvgIpc) is 2.56. The Labute approximate surface area is 145 Å². The number of rotatable bonds is 7. The van der Waals surface area contributed by atoms with Crippen LogP contribution in [0.3, 0.4) is 0 Å². The number of pyridine rings is 1. The van der Waals surface area contributed by atoms with Crippen LogP contribution in [0.5, 0.6) is 11.6 Å². The highest BCUT2D eigenvalue weighted by Gasteiger charge is 2.30. The lowest BCUT2D eigenvalue weighted by Crippen LogP contribution is -2.29. The minimum absolute atomic E-state index is 0.0236. The van der Waals surface area contributed by atoms with Crippen molar-refractivity contribution in [2.24, 2.45) is 0 Å². The number of halogens is 3. The number of benzene rings is 1. The number of nitrogens with one attached hydrogen (secondary N) is 1. The Morgan fingerprint density at radius 3 is 2.54 bits per heavy atom. The summed E-state index contributed by atoms with van der Waals surface area (Å²) >= 11 is 0. The molecule has 26 heavy (non-hydrogen) atoms. The number of carboxylic acids is 1. The van der Waals surface area contributed by atoms with E-state index in [-0.39, 0.29) is 17.3 Å². The van der Waals surface area contributed by atoms with E-state index in [1.807, 2.05) is 0 Å². The molecular formula is C16H12F3N2O5-. The Morgan fingerprint density at radius 1 is 1.15 bits per heavy atom. The zero-order chi connectivity index (χ0) is 19.2. The second kappa shape index (κ2) is 8.30. The van der Waals surface area contributed by atoms with Gasteiger partial charge in [-0.3, -0.25) is 4.79 Å². The summed E-state index contributed by atoms with van der Waals surface area (Å²) < 4.78 is 47.8. The Bertz CT molecular complexity index is 778. The fraction of sp³-hybridized carbons (Fsp3) is 0.188. The molecule has 1 aromatic carbocycles. The van der Waals surface area contributed by atoms with E-state index in [1.165, 1.54) is 30.5 Å². The zero-order valence-corrected chi connectivity index (χ0v) is 13.1. The van der Waals surface area contributed by atoms with Gasteiger partial charge in [0.15, 0.2) is 0 Å². The van der Waals surface area contributed by atoms with Crippen molar-refractivity contribution in [3.8, 4) is 11.6 Å². The SMILES string of the molecule is O=C([O-])COCC(=O)Nc1ccc(Oc2cccc(C(F)(F)F)c2)nc1. The first-order valence-corrected chi connectivity index (χ1v) is 7.12. The standard InChI is InChI=1S/C16H13F3N2O5/c17-16(18,19)10-2-1-3-12(6-10)26-14-5-4-11(7-20-14)21-13(22)8-25-9-15(23)24/h1-7H,8-9H2,(H,21,22)(H,23,24)/p-1. The molecule has 7 nitrogen and oxygen atoms in total. The van der Waals surface area contributed by atoms with Gasteiger partial charge in [-0.2, -0.15) is 13.2 Å². The van der Waals surface area contributed by atoms with Crippen molar-refractivity contribution < 1.29 is 37.3 Å². The molecule has 0 saturated carbocycles. The van der Waals surface area contributed by atoms with Crippen LogP contribution in [0, 0.1) is 0 Å². The van der Waals surface area contributed by atoms with E-state index in [0.29, 0.717) is 0 Å². The van der Waals surface area contributed by atoms with E-state index in [0.717, 1.165) is 12.1 Å². The molecule has 0 radical (unpaired) electrons. The van der Waals surface area contributed by atoms with Crippen molar-refractivity contribution in [2.75, 3.05) is 18.5 Å². The highest BCUT2D eigenvalue weighted by molar-refractivity contribution is 5.91. The largest absolute Gasteiger partial charge is 0.548 e. The van der Waals surface area contributed by atoms with Gasteiger partial charge in [0.1, 0.15) is 12.4 Å². The molecule has 0 spiro atoms. The van der Waals surface area contributed by atoms with Crippen molar-refractivity contribution in [3.05, 3.63) is 48.2 Å². The number of hydrogen-bond donors (Lipinski definition) is 1. The number of ether oxygens (including phenoxy) is 2. The highest BCUT2D eigenvalue weighted by atomic mass is 19.4. The Balaban J connectivity index is 1.93. The van der Waals surface area contributed by atoms with Crippen LogP contribution >= 0.6 is 0 Å². The van der Waals surface area contributed by atoms with Crippen LogP contribution in [0.25, 0.3) is 0 Å². The van der Waals surface area contributed by atoms with Crippen molar-refractivity contribution >= 4 is 17.6 Å². The number of aromatic nitrogens is 1. The topological polar surface area (TPSA) is 101 Å². The summed E-state index contributed by atoms with van der Waals surface area (Å²) in [5.41, 5.74) is -0.584. The maximum atomic E-state index is 12.7. The van der Waals surface area contributed by atoms with Crippen molar-refractivity contribution in [1.29, 1.82) is 0 Å². The van der Waals surface area contributed by atoms with E-state index >= 15 is 0 Å². The summed E-state index contributed by atoms with van der Waals surface area (Å²) in [4.78, 5) is 25.5. The maximum absolute atomic E-state index is 12.7.